The molecule has 2 unspecified atom stereocenters. The first-order valence-corrected chi connectivity index (χ1v) is 11.5. The Bertz CT molecular complexity index is 374. The molecule has 0 aromatic carbocycles. The summed E-state index contributed by atoms with van der Waals surface area (Å²) in [5.41, 5.74) is 0. The van der Waals surface area contributed by atoms with Gasteiger partial charge in [0.1, 0.15) is 0 Å². The van der Waals surface area contributed by atoms with Crippen LogP contribution in [0.5, 0.6) is 0 Å². The van der Waals surface area contributed by atoms with Crippen LogP contribution in [0.4, 0.5) is 0 Å². The van der Waals surface area contributed by atoms with Crippen molar-refractivity contribution in [1.82, 2.24) is 0 Å². The third-order valence-electron chi connectivity index (χ3n) is 4.82. The molecular weight excluding hydrogens is 363 g/mol. The van der Waals surface area contributed by atoms with Crippen molar-refractivity contribution in [3.63, 3.8) is 0 Å². The minimum atomic E-state index is -4.14. The monoisotopic (exact) mass is 402 g/mol. The summed E-state index contributed by atoms with van der Waals surface area (Å²) in [6, 6.07) is 0. The molecule has 6 heteroatoms. The van der Waals surface area contributed by atoms with Gasteiger partial charge in [-0.3, -0.25) is 0 Å². The normalized spacial score (nSPS) is 14.1. The Morgan fingerprint density at radius 3 is 1.60 bits per heavy atom. The zero-order valence-electron chi connectivity index (χ0n) is 16.8. The fraction of sp³-hybridized carbons (Fsp3) is 1.00. The first-order valence-electron chi connectivity index (χ1n) is 10.0. The van der Waals surface area contributed by atoms with Gasteiger partial charge in [-0.1, -0.05) is 84.5 Å². The molecule has 25 heavy (non-hydrogen) atoms. The van der Waals surface area contributed by atoms with Gasteiger partial charge < -0.3 is 9.66 Å². The number of unbranched alkanes of at least 4 members (excludes halogenated alkanes) is 9. The van der Waals surface area contributed by atoms with Gasteiger partial charge in [-0.05, 0) is 25.7 Å². The Kier molecular flexibility index (Phi) is 21.7. The van der Waals surface area contributed by atoms with E-state index in [1.54, 1.807) is 6.92 Å². The van der Waals surface area contributed by atoms with E-state index < -0.39 is 15.4 Å². The summed E-state index contributed by atoms with van der Waals surface area (Å²) in [5.74, 6) is 0. The zero-order chi connectivity index (χ0) is 18.3. The van der Waals surface area contributed by atoms with Crippen LogP contribution >= 0.6 is 0 Å². The molecule has 146 valence electrons. The van der Waals surface area contributed by atoms with Gasteiger partial charge in [0, 0.05) is 5.25 Å². The molecule has 0 heterocycles. The van der Waals surface area contributed by atoms with E-state index in [4.69, 9.17) is 0 Å². The molecule has 0 fully saturated rings. The van der Waals surface area contributed by atoms with E-state index >= 15 is 0 Å². The van der Waals surface area contributed by atoms with Crippen LogP contribution in [0.15, 0.2) is 0 Å². The summed E-state index contributed by atoms with van der Waals surface area (Å²) < 4.78 is 33.0. The molecule has 0 amide bonds. The van der Waals surface area contributed by atoms with Gasteiger partial charge in [0.25, 0.3) is 0 Å². The van der Waals surface area contributed by atoms with Gasteiger partial charge in [-0.25, -0.2) is 8.42 Å². The Morgan fingerprint density at radius 1 is 0.760 bits per heavy atom. The van der Waals surface area contributed by atoms with Crippen LogP contribution < -0.4 is 51.4 Å². The molecule has 0 rings (SSSR count). The van der Waals surface area contributed by atoms with Crippen LogP contribution in [-0.4, -0.2) is 29.4 Å². The van der Waals surface area contributed by atoms with Gasteiger partial charge in [0.15, 0.2) is 0 Å². The molecule has 2 atom stereocenters. The van der Waals surface area contributed by atoms with Crippen molar-refractivity contribution >= 4 is 10.1 Å². The summed E-state index contributed by atoms with van der Waals surface area (Å²) in [7, 11) is -4.14. The second-order valence-electron chi connectivity index (χ2n) is 7.08. The molecule has 0 saturated carbocycles. The van der Waals surface area contributed by atoms with Crippen molar-refractivity contribution in [1.29, 1.82) is 0 Å². The largest absolute Gasteiger partial charge is 1.00 e. The SMILES string of the molecule is CCCCCCCCCCC(O)CCCCCC(CC)S(=O)(=O)[O-].[K+]. The predicted molar refractivity (Wildman–Crippen MR) is 100 cm³/mol. The van der Waals surface area contributed by atoms with Crippen molar-refractivity contribution in [3.8, 4) is 0 Å². The van der Waals surface area contributed by atoms with Crippen molar-refractivity contribution in [2.45, 2.75) is 122 Å². The number of aliphatic hydroxyl groups is 1. The van der Waals surface area contributed by atoms with Crippen LogP contribution in [0.25, 0.3) is 0 Å². The standard InChI is InChI=1S/C19H40O4S.K/c1-3-5-6-7-8-9-10-12-15-18(20)16-13-11-14-17-19(4-2)24(21,22)23;/h18-20H,3-17H2,1-2H3,(H,21,22,23);/q;+1/p-1. The average Bonchev–Trinajstić information content (AvgIpc) is 2.52. The fourth-order valence-electron chi connectivity index (χ4n) is 3.14. The summed E-state index contributed by atoms with van der Waals surface area (Å²) in [6.07, 6.45) is 15.1. The van der Waals surface area contributed by atoms with Gasteiger partial charge in [0.05, 0.1) is 16.2 Å². The molecule has 0 saturated heterocycles. The average molecular weight is 403 g/mol. The molecular formula is C19H39KO4S. The predicted octanol–water partition coefficient (Wildman–Crippen LogP) is 2.16. The Balaban J connectivity index is 0. The topological polar surface area (TPSA) is 77.4 Å². The third kappa shape index (κ3) is 18.6. The Morgan fingerprint density at radius 2 is 1.16 bits per heavy atom. The van der Waals surface area contributed by atoms with E-state index in [0.717, 1.165) is 38.5 Å². The molecule has 0 spiro atoms. The van der Waals surface area contributed by atoms with Crippen molar-refractivity contribution < 1.29 is 69.5 Å². The first kappa shape index (κ1) is 28.7. The van der Waals surface area contributed by atoms with E-state index in [0.29, 0.717) is 12.8 Å². The molecule has 0 radical (unpaired) electrons. The van der Waals surface area contributed by atoms with Crippen molar-refractivity contribution in [2.75, 3.05) is 0 Å². The number of hydrogen-bond donors (Lipinski definition) is 1. The summed E-state index contributed by atoms with van der Waals surface area (Å²) in [5, 5.41) is 9.22. The quantitative estimate of drug-likeness (QED) is 0.230. The molecule has 4 nitrogen and oxygen atoms in total. The van der Waals surface area contributed by atoms with Crippen LogP contribution in [-0.2, 0) is 10.1 Å². The maximum atomic E-state index is 11.0. The van der Waals surface area contributed by atoms with E-state index in [1.807, 2.05) is 0 Å². The summed E-state index contributed by atoms with van der Waals surface area (Å²) >= 11 is 0. The van der Waals surface area contributed by atoms with E-state index in [1.165, 1.54) is 44.9 Å². The van der Waals surface area contributed by atoms with E-state index in [9.17, 15) is 18.1 Å². The first-order chi connectivity index (χ1) is 11.4. The molecule has 0 aromatic rings. The number of rotatable bonds is 17. The second kappa shape index (κ2) is 18.9. The van der Waals surface area contributed by atoms with Crippen molar-refractivity contribution in [2.24, 2.45) is 0 Å². The van der Waals surface area contributed by atoms with Crippen LogP contribution in [0.2, 0.25) is 0 Å². The van der Waals surface area contributed by atoms with Crippen LogP contribution in [0, 0.1) is 0 Å². The molecule has 0 aliphatic rings. The molecule has 0 aliphatic carbocycles. The Hall–Kier alpha value is 1.51. The number of aliphatic hydroxyl groups excluding tert-OH is 1. The van der Waals surface area contributed by atoms with Crippen LogP contribution in [0.3, 0.4) is 0 Å². The van der Waals surface area contributed by atoms with Crippen molar-refractivity contribution in [3.05, 3.63) is 0 Å². The van der Waals surface area contributed by atoms with Gasteiger partial charge in [0.2, 0.25) is 0 Å². The maximum Gasteiger partial charge on any atom is 1.00 e. The minimum absolute atomic E-state index is 0. The molecule has 0 aliphatic heterocycles. The molecule has 1 N–H and O–H groups in total. The zero-order valence-corrected chi connectivity index (χ0v) is 20.8. The van der Waals surface area contributed by atoms with E-state index in [2.05, 4.69) is 6.92 Å². The molecule has 0 aromatic heterocycles. The van der Waals surface area contributed by atoms with Crippen LogP contribution in [0.1, 0.15) is 110 Å². The van der Waals surface area contributed by atoms with Gasteiger partial charge in [-0.15, -0.1) is 0 Å². The maximum absolute atomic E-state index is 11.0. The van der Waals surface area contributed by atoms with Gasteiger partial charge >= 0.3 is 51.4 Å². The number of hydrogen-bond acceptors (Lipinski definition) is 4. The fourth-order valence-corrected chi connectivity index (χ4v) is 4.00. The third-order valence-corrected chi connectivity index (χ3v) is 6.20. The minimum Gasteiger partial charge on any atom is -0.748 e. The molecule has 0 bridgehead atoms. The second-order valence-corrected chi connectivity index (χ2v) is 8.73. The Labute approximate surface area is 199 Å². The van der Waals surface area contributed by atoms with Gasteiger partial charge in [-0.2, -0.15) is 0 Å². The van der Waals surface area contributed by atoms with E-state index in [-0.39, 0.29) is 57.5 Å². The summed E-state index contributed by atoms with van der Waals surface area (Å²) in [4.78, 5) is 0. The smallest absolute Gasteiger partial charge is 0.748 e. The summed E-state index contributed by atoms with van der Waals surface area (Å²) in [6.45, 7) is 3.98.